The van der Waals surface area contributed by atoms with E-state index in [-0.39, 0.29) is 0 Å². The first-order chi connectivity index (χ1) is 36.7. The van der Waals surface area contributed by atoms with E-state index < -0.39 is 0 Å². The first-order valence-corrected chi connectivity index (χ1v) is 25.1. The maximum absolute atomic E-state index is 5.35. The highest BCUT2D eigenvalue weighted by atomic mass is 15.2. The summed E-state index contributed by atoms with van der Waals surface area (Å²) in [6.07, 6.45) is 0. The van der Waals surface area contributed by atoms with Gasteiger partial charge in [-0.15, -0.1) is 0 Å². The first-order valence-electron chi connectivity index (χ1n) is 25.1. The van der Waals surface area contributed by atoms with Gasteiger partial charge in [-0.1, -0.05) is 243 Å². The van der Waals surface area contributed by atoms with Crippen LogP contribution in [0.15, 0.2) is 273 Å². The number of rotatable bonds is 9. The van der Waals surface area contributed by atoms with Crippen molar-refractivity contribution in [2.75, 3.05) is 0 Å². The molecule has 5 nitrogen and oxygen atoms in total. The lowest BCUT2D eigenvalue weighted by molar-refractivity contribution is 0.953. The molecule has 0 bridgehead atoms. The third-order valence-corrected chi connectivity index (χ3v) is 14.4. The van der Waals surface area contributed by atoms with Crippen LogP contribution in [0.2, 0.25) is 0 Å². The summed E-state index contributed by atoms with van der Waals surface area (Å²) in [6.45, 7) is 0. The van der Waals surface area contributed by atoms with Crippen molar-refractivity contribution in [1.29, 1.82) is 0 Å². The Kier molecular flexibility index (Phi) is 10.4. The van der Waals surface area contributed by atoms with Gasteiger partial charge in [0.25, 0.3) is 0 Å². The van der Waals surface area contributed by atoms with Gasteiger partial charge in [0.15, 0.2) is 11.6 Å². The Labute approximate surface area is 428 Å². The Bertz CT molecular complexity index is 4310. The zero-order chi connectivity index (χ0) is 49.0. The molecule has 0 amide bonds. The summed E-state index contributed by atoms with van der Waals surface area (Å²) in [5, 5.41) is 4.52. The van der Waals surface area contributed by atoms with E-state index in [0.29, 0.717) is 17.6 Å². The van der Waals surface area contributed by atoms with Crippen molar-refractivity contribution < 1.29 is 0 Å². The number of fused-ring (bicyclic) bond motifs is 7. The molecule has 0 aliphatic rings. The lowest BCUT2D eigenvalue weighted by Gasteiger charge is -2.16. The Morgan fingerprint density at radius 1 is 0.230 bits per heavy atom. The van der Waals surface area contributed by atoms with Crippen LogP contribution in [0.25, 0.3) is 134 Å². The molecule has 74 heavy (non-hydrogen) atoms. The molecule has 0 aliphatic carbocycles. The van der Waals surface area contributed by atoms with Crippen LogP contribution >= 0.6 is 0 Å². The van der Waals surface area contributed by atoms with Gasteiger partial charge < -0.3 is 4.57 Å². The Hall–Kier alpha value is -9.97. The monoisotopic (exact) mass is 943 g/mol. The summed E-state index contributed by atoms with van der Waals surface area (Å²) in [4.78, 5) is 15.8. The molecule has 0 saturated carbocycles. The lowest BCUT2D eigenvalue weighted by Crippen LogP contribution is -2.07. The number of aromatic nitrogens is 5. The van der Waals surface area contributed by atoms with E-state index in [4.69, 9.17) is 15.0 Å². The highest BCUT2D eigenvalue weighted by molar-refractivity contribution is 6.23. The predicted octanol–water partition coefficient (Wildman–Crippen LogP) is 17.7. The lowest BCUT2D eigenvalue weighted by atomic mass is 9.92. The fourth-order valence-corrected chi connectivity index (χ4v) is 10.9. The molecule has 3 aromatic heterocycles. The first kappa shape index (κ1) is 42.9. The fourth-order valence-electron chi connectivity index (χ4n) is 10.9. The normalized spacial score (nSPS) is 11.5. The average Bonchev–Trinajstić information content (AvgIpc) is 4.02. The third-order valence-electron chi connectivity index (χ3n) is 14.4. The van der Waals surface area contributed by atoms with Gasteiger partial charge in [-0.25, -0.2) is 4.98 Å². The molecule has 0 fully saturated rings. The molecule has 14 rings (SSSR count). The maximum atomic E-state index is 5.35. The average molecular weight is 944 g/mol. The Morgan fingerprint density at radius 3 is 1.08 bits per heavy atom. The van der Waals surface area contributed by atoms with Crippen LogP contribution in [0.5, 0.6) is 0 Å². The number of para-hydroxylation sites is 2. The molecule has 14 aromatic rings. The number of hydrogen-bond donors (Lipinski definition) is 0. The van der Waals surface area contributed by atoms with Gasteiger partial charge in [-0.2, -0.15) is 9.97 Å². The van der Waals surface area contributed by atoms with Gasteiger partial charge in [0, 0.05) is 38.4 Å². The second-order valence-corrected chi connectivity index (χ2v) is 18.8. The summed E-state index contributed by atoms with van der Waals surface area (Å²) in [5.41, 5.74) is 18.7. The van der Waals surface area contributed by atoms with Crippen molar-refractivity contribution >= 4 is 43.6 Å². The molecule has 0 spiro atoms. The number of hydrogen-bond acceptors (Lipinski definition) is 3. The zero-order valence-electron chi connectivity index (χ0n) is 40.2. The molecule has 11 aromatic carbocycles. The standard InChI is InChI=1S/C69H45N5/c1-5-19-46(20-6-1)47-33-35-48(36-34-47)54-43-55(49-37-39-51(40-38-49)58-28-14-13-27-57(58)50-21-7-2-8-22-50)45-56(44-54)73-63-31-17-15-29-59(63)61-41-42-62-60-30-16-18-32-64(60)74(66(62)65(61)73)69-71-67(52-23-9-3-10-24-52)70-68(72-69)53-25-11-4-12-26-53/h1-45H. The van der Waals surface area contributed by atoms with Crippen LogP contribution in [0.4, 0.5) is 0 Å². The van der Waals surface area contributed by atoms with Crippen LogP contribution in [-0.2, 0) is 0 Å². The van der Waals surface area contributed by atoms with E-state index >= 15 is 0 Å². The molecule has 0 aliphatic heterocycles. The molecule has 0 saturated heterocycles. The molecule has 0 atom stereocenters. The molecule has 3 heterocycles. The molecule has 346 valence electrons. The van der Waals surface area contributed by atoms with Gasteiger partial charge >= 0.3 is 0 Å². The Balaban J connectivity index is 1.03. The van der Waals surface area contributed by atoms with Crippen LogP contribution in [-0.4, -0.2) is 24.1 Å². The van der Waals surface area contributed by atoms with E-state index in [1.165, 1.54) is 33.4 Å². The number of benzene rings is 11. The van der Waals surface area contributed by atoms with Crippen molar-refractivity contribution in [1.82, 2.24) is 24.1 Å². The van der Waals surface area contributed by atoms with Gasteiger partial charge in [-0.05, 0) is 86.0 Å². The second-order valence-electron chi connectivity index (χ2n) is 18.8. The van der Waals surface area contributed by atoms with E-state index in [1.54, 1.807) is 0 Å². The van der Waals surface area contributed by atoms with Crippen LogP contribution in [0.3, 0.4) is 0 Å². The van der Waals surface area contributed by atoms with Crippen molar-refractivity contribution in [2.24, 2.45) is 0 Å². The van der Waals surface area contributed by atoms with E-state index in [9.17, 15) is 0 Å². The van der Waals surface area contributed by atoms with Crippen LogP contribution in [0, 0.1) is 0 Å². The maximum Gasteiger partial charge on any atom is 0.238 e. The summed E-state index contributed by atoms with van der Waals surface area (Å²) < 4.78 is 4.73. The highest BCUT2D eigenvalue weighted by Crippen LogP contribution is 2.43. The van der Waals surface area contributed by atoms with E-state index in [0.717, 1.165) is 82.7 Å². The topological polar surface area (TPSA) is 48.5 Å². The molecule has 0 radical (unpaired) electrons. The molecule has 5 heteroatoms. The zero-order valence-corrected chi connectivity index (χ0v) is 40.2. The second kappa shape index (κ2) is 18.0. The minimum atomic E-state index is 0.551. The van der Waals surface area contributed by atoms with Gasteiger partial charge in [0.2, 0.25) is 5.95 Å². The minimum absolute atomic E-state index is 0.551. The quantitative estimate of drug-likeness (QED) is 0.145. The predicted molar refractivity (Wildman–Crippen MR) is 307 cm³/mol. The largest absolute Gasteiger partial charge is 0.307 e. The Morgan fingerprint density at radius 2 is 0.581 bits per heavy atom. The van der Waals surface area contributed by atoms with Crippen LogP contribution < -0.4 is 0 Å². The molecular formula is C69H45N5. The summed E-state index contributed by atoms with van der Waals surface area (Å²) in [5.74, 6) is 1.77. The summed E-state index contributed by atoms with van der Waals surface area (Å²) >= 11 is 0. The van der Waals surface area contributed by atoms with E-state index in [1.807, 2.05) is 36.4 Å². The van der Waals surface area contributed by atoms with Gasteiger partial charge in [-0.3, -0.25) is 4.57 Å². The van der Waals surface area contributed by atoms with Gasteiger partial charge in [0.05, 0.1) is 22.1 Å². The molecule has 0 N–H and O–H groups in total. The smallest absolute Gasteiger partial charge is 0.238 e. The van der Waals surface area contributed by atoms with E-state index in [2.05, 4.69) is 246 Å². The van der Waals surface area contributed by atoms with Gasteiger partial charge in [0.1, 0.15) is 0 Å². The number of nitrogens with zero attached hydrogens (tertiary/aromatic N) is 5. The molecular weight excluding hydrogens is 899 g/mol. The van der Waals surface area contributed by atoms with Crippen molar-refractivity contribution in [3.8, 4) is 90.0 Å². The minimum Gasteiger partial charge on any atom is -0.307 e. The van der Waals surface area contributed by atoms with Crippen molar-refractivity contribution in [3.63, 3.8) is 0 Å². The van der Waals surface area contributed by atoms with Crippen molar-refractivity contribution in [3.05, 3.63) is 273 Å². The highest BCUT2D eigenvalue weighted by Gasteiger charge is 2.24. The summed E-state index contributed by atoms with van der Waals surface area (Å²) in [7, 11) is 0. The van der Waals surface area contributed by atoms with Crippen molar-refractivity contribution in [2.45, 2.75) is 0 Å². The summed E-state index contributed by atoms with van der Waals surface area (Å²) in [6, 6.07) is 97.4. The fraction of sp³-hybridized carbons (Fsp3) is 0. The third kappa shape index (κ3) is 7.46. The molecule has 0 unspecified atom stereocenters. The van der Waals surface area contributed by atoms with Crippen LogP contribution in [0.1, 0.15) is 0 Å². The SMILES string of the molecule is c1ccc(-c2ccc(-c3cc(-c4ccc(-c5ccccc5-c5ccccc5)cc4)cc(-n4c5ccccc5c5ccc6c7ccccc7n(-c7nc(-c8ccccc8)nc(-c8ccccc8)n7)c6c54)c3)cc2)cc1.